The third-order valence-corrected chi connectivity index (χ3v) is 1.91. The Morgan fingerprint density at radius 1 is 1.44 bits per heavy atom. The number of ether oxygens (including phenoxy) is 1. The Kier molecular flexibility index (Phi) is 6.82. The Morgan fingerprint density at radius 2 is 2.06 bits per heavy atom. The fraction of sp³-hybridized carbons (Fsp3) is 0.462. The van der Waals surface area contributed by atoms with Crippen LogP contribution < -0.4 is 0 Å². The van der Waals surface area contributed by atoms with E-state index in [9.17, 15) is 4.79 Å². The van der Waals surface area contributed by atoms with Gasteiger partial charge in [-0.1, -0.05) is 30.9 Å². The van der Waals surface area contributed by atoms with Gasteiger partial charge in [0.1, 0.15) is 6.61 Å². The number of hydrogen-bond donors (Lipinski definition) is 0. The molecule has 90 valence electrons. The predicted molar refractivity (Wildman–Crippen MR) is 68.6 cm³/mol. The van der Waals surface area contributed by atoms with Crippen molar-refractivity contribution in [1.82, 2.24) is 0 Å². The number of alkyl halides is 1. The number of rotatable bonds is 5. The van der Waals surface area contributed by atoms with Crippen LogP contribution in [0, 0.1) is 5.41 Å². The average Bonchev–Trinajstić information content (AvgIpc) is 2.20. The van der Waals surface area contributed by atoms with E-state index < -0.39 is 5.41 Å². The van der Waals surface area contributed by atoms with E-state index in [1.165, 1.54) is 0 Å². The van der Waals surface area contributed by atoms with Crippen LogP contribution in [0.1, 0.15) is 20.8 Å². The Balaban J connectivity index is 4.34. The first-order chi connectivity index (χ1) is 7.41. The van der Waals surface area contributed by atoms with Crippen molar-refractivity contribution in [3.63, 3.8) is 0 Å². The van der Waals surface area contributed by atoms with Crippen molar-refractivity contribution >= 4 is 17.6 Å². The lowest BCUT2D eigenvalue weighted by atomic mass is 9.97. The number of carbonyl (C=O) groups excluding carboxylic acids is 1. The maximum Gasteiger partial charge on any atom is 0.311 e. The Hall–Kier alpha value is -1.02. The Bertz CT molecular complexity index is 296. The summed E-state index contributed by atoms with van der Waals surface area (Å²) >= 11 is 5.53. The molecule has 0 spiro atoms. The van der Waals surface area contributed by atoms with Gasteiger partial charge in [0.2, 0.25) is 0 Å². The van der Waals surface area contributed by atoms with Gasteiger partial charge < -0.3 is 4.74 Å². The van der Waals surface area contributed by atoms with Gasteiger partial charge in [0.05, 0.1) is 5.41 Å². The smallest absolute Gasteiger partial charge is 0.311 e. The molecule has 0 fully saturated rings. The first-order valence-corrected chi connectivity index (χ1v) is 5.66. The third-order valence-electron chi connectivity index (χ3n) is 1.74. The Morgan fingerprint density at radius 3 is 2.50 bits per heavy atom. The zero-order valence-electron chi connectivity index (χ0n) is 10.1. The van der Waals surface area contributed by atoms with Gasteiger partial charge in [0.15, 0.2) is 0 Å². The quantitative estimate of drug-likeness (QED) is 0.419. The highest BCUT2D eigenvalue weighted by Crippen LogP contribution is 2.15. The van der Waals surface area contributed by atoms with Crippen LogP contribution in [0.3, 0.4) is 0 Å². The minimum atomic E-state index is -0.477. The zero-order chi connectivity index (χ0) is 12.6. The fourth-order valence-electron chi connectivity index (χ4n) is 0.864. The average molecular weight is 243 g/mol. The van der Waals surface area contributed by atoms with Crippen LogP contribution in [0.2, 0.25) is 0 Å². The summed E-state index contributed by atoms with van der Waals surface area (Å²) in [7, 11) is 0. The minimum Gasteiger partial charge on any atom is -0.460 e. The molecule has 0 aliphatic carbocycles. The summed E-state index contributed by atoms with van der Waals surface area (Å²) in [5.74, 6) is 0.212. The second-order valence-corrected chi connectivity index (χ2v) is 4.67. The minimum absolute atomic E-state index is 0.221. The van der Waals surface area contributed by atoms with Crippen LogP contribution in [-0.4, -0.2) is 18.5 Å². The second-order valence-electron chi connectivity index (χ2n) is 4.36. The first kappa shape index (κ1) is 15.0. The summed E-state index contributed by atoms with van der Waals surface area (Å²) in [6.45, 7) is 9.31. The summed E-state index contributed by atoms with van der Waals surface area (Å²) in [6.07, 6.45) is 7.06. The van der Waals surface area contributed by atoms with E-state index in [2.05, 4.69) is 6.58 Å². The molecule has 0 aliphatic heterocycles. The molecule has 2 nitrogen and oxygen atoms in total. The molecule has 0 aliphatic rings. The predicted octanol–water partition coefficient (Wildman–Crippen LogP) is 3.48. The largest absolute Gasteiger partial charge is 0.460 e. The standard InChI is InChI=1S/C13H19ClO2/c1-5-7-11(8-6-9-14)10-16-12(15)13(2,3)4/h5-8H,1,9-10H2,2-4H3/b8-6-,11-7+. The molecule has 0 aromatic rings. The van der Waals surface area contributed by atoms with Crippen molar-refractivity contribution in [2.24, 2.45) is 5.41 Å². The molecule has 0 heterocycles. The van der Waals surface area contributed by atoms with Gasteiger partial charge in [-0.25, -0.2) is 0 Å². The molecule has 0 unspecified atom stereocenters. The summed E-state index contributed by atoms with van der Waals surface area (Å²) in [5, 5.41) is 0. The van der Waals surface area contributed by atoms with E-state index in [0.717, 1.165) is 5.57 Å². The molecule has 0 rings (SSSR count). The highest BCUT2D eigenvalue weighted by Gasteiger charge is 2.22. The van der Waals surface area contributed by atoms with Crippen molar-refractivity contribution < 1.29 is 9.53 Å². The molecule has 0 aromatic carbocycles. The van der Waals surface area contributed by atoms with E-state index in [4.69, 9.17) is 16.3 Å². The molecule has 0 saturated heterocycles. The summed E-state index contributed by atoms with van der Waals surface area (Å²) in [5.41, 5.74) is 0.392. The summed E-state index contributed by atoms with van der Waals surface area (Å²) in [4.78, 5) is 11.5. The highest BCUT2D eigenvalue weighted by atomic mass is 35.5. The monoisotopic (exact) mass is 242 g/mol. The van der Waals surface area contributed by atoms with Crippen molar-refractivity contribution in [2.45, 2.75) is 20.8 Å². The van der Waals surface area contributed by atoms with Gasteiger partial charge in [-0.3, -0.25) is 4.79 Å². The molecular weight excluding hydrogens is 224 g/mol. The van der Waals surface area contributed by atoms with E-state index in [0.29, 0.717) is 5.88 Å². The highest BCUT2D eigenvalue weighted by molar-refractivity contribution is 6.18. The SMILES string of the molecule is C=C/C=C(\C=C/CCl)COC(=O)C(C)(C)C. The van der Waals surface area contributed by atoms with Crippen LogP contribution in [0.4, 0.5) is 0 Å². The number of esters is 1. The van der Waals surface area contributed by atoms with Crippen molar-refractivity contribution in [3.8, 4) is 0 Å². The molecule has 0 amide bonds. The molecular formula is C13H19ClO2. The van der Waals surface area contributed by atoms with Crippen LogP contribution in [0.5, 0.6) is 0 Å². The second kappa shape index (κ2) is 7.29. The number of carbonyl (C=O) groups is 1. The van der Waals surface area contributed by atoms with Gasteiger partial charge >= 0.3 is 5.97 Å². The lowest BCUT2D eigenvalue weighted by Gasteiger charge is -2.16. The van der Waals surface area contributed by atoms with Gasteiger partial charge in [-0.2, -0.15) is 0 Å². The molecule has 0 N–H and O–H groups in total. The number of hydrogen-bond acceptors (Lipinski definition) is 2. The lowest BCUT2D eigenvalue weighted by Crippen LogP contribution is -2.23. The van der Waals surface area contributed by atoms with Gasteiger partial charge in [-0.05, 0) is 26.3 Å². The molecule has 0 aromatic heterocycles. The first-order valence-electron chi connectivity index (χ1n) is 5.13. The van der Waals surface area contributed by atoms with Crippen molar-refractivity contribution in [2.75, 3.05) is 12.5 Å². The molecule has 0 radical (unpaired) electrons. The van der Waals surface area contributed by atoms with Crippen LogP contribution in [0.25, 0.3) is 0 Å². The number of allylic oxidation sites excluding steroid dienone is 3. The van der Waals surface area contributed by atoms with Crippen molar-refractivity contribution in [1.29, 1.82) is 0 Å². The summed E-state index contributed by atoms with van der Waals surface area (Å²) in [6, 6.07) is 0. The molecule has 0 atom stereocenters. The fourth-order valence-corrected chi connectivity index (χ4v) is 0.954. The lowest BCUT2D eigenvalue weighted by molar-refractivity contribution is -0.151. The topological polar surface area (TPSA) is 26.3 Å². The molecule has 16 heavy (non-hydrogen) atoms. The maximum absolute atomic E-state index is 11.5. The molecule has 3 heteroatoms. The zero-order valence-corrected chi connectivity index (χ0v) is 10.9. The van der Waals surface area contributed by atoms with Crippen molar-refractivity contribution in [3.05, 3.63) is 36.5 Å². The third kappa shape index (κ3) is 6.46. The van der Waals surface area contributed by atoms with E-state index in [1.807, 2.05) is 26.8 Å². The normalized spacial score (nSPS) is 12.9. The van der Waals surface area contributed by atoms with Gasteiger partial charge in [0, 0.05) is 5.88 Å². The van der Waals surface area contributed by atoms with E-state index in [1.54, 1.807) is 18.2 Å². The molecule has 0 saturated carbocycles. The van der Waals surface area contributed by atoms with Gasteiger partial charge in [0.25, 0.3) is 0 Å². The van der Waals surface area contributed by atoms with Gasteiger partial charge in [-0.15, -0.1) is 11.6 Å². The van der Waals surface area contributed by atoms with Crippen LogP contribution in [-0.2, 0) is 9.53 Å². The number of halogens is 1. The summed E-state index contributed by atoms with van der Waals surface area (Å²) < 4.78 is 5.17. The maximum atomic E-state index is 11.5. The van der Waals surface area contributed by atoms with E-state index in [-0.39, 0.29) is 12.6 Å². The van der Waals surface area contributed by atoms with Crippen LogP contribution in [0.15, 0.2) is 36.5 Å². The van der Waals surface area contributed by atoms with E-state index >= 15 is 0 Å². The molecule has 0 bridgehead atoms. The van der Waals surface area contributed by atoms with Crippen LogP contribution >= 0.6 is 11.6 Å². The Labute approximate surface area is 103 Å².